The molecule has 0 unspecified atom stereocenters. The van der Waals surface area contributed by atoms with Crippen LogP contribution in [0.25, 0.3) is 6.08 Å². The van der Waals surface area contributed by atoms with Gasteiger partial charge < -0.3 is 9.47 Å². The molecule has 0 spiro atoms. The fourth-order valence-corrected chi connectivity index (χ4v) is 4.80. The number of nitro benzene ring substituents is 1. The molecule has 0 atom stereocenters. The van der Waals surface area contributed by atoms with Crippen LogP contribution in [0, 0.1) is 10.1 Å². The first-order valence-electron chi connectivity index (χ1n) is 11.0. The third-order valence-electron chi connectivity index (χ3n) is 5.30. The van der Waals surface area contributed by atoms with Gasteiger partial charge in [0.15, 0.2) is 11.5 Å². The van der Waals surface area contributed by atoms with Gasteiger partial charge in [-0.2, -0.15) is 0 Å². The molecule has 8 nitrogen and oxygen atoms in total. The first kappa shape index (κ1) is 25.5. The van der Waals surface area contributed by atoms with E-state index in [4.69, 9.17) is 9.47 Å². The number of carbonyl (C=O) groups is 2. The minimum Gasteiger partial charge on any atom is -0.490 e. The van der Waals surface area contributed by atoms with E-state index < -0.39 is 4.92 Å². The number of nitrogens with zero attached hydrogens (tertiary/aromatic N) is 2. The Morgan fingerprint density at radius 3 is 2.44 bits per heavy atom. The molecule has 0 radical (unpaired) electrons. The Morgan fingerprint density at radius 2 is 1.72 bits per heavy atom. The number of amides is 2. The Balaban J connectivity index is 1.53. The molecule has 1 heterocycles. The summed E-state index contributed by atoms with van der Waals surface area (Å²) in [6, 6.07) is 18.9. The van der Waals surface area contributed by atoms with Crippen molar-refractivity contribution in [1.82, 2.24) is 4.90 Å². The average molecular weight is 569 g/mol. The van der Waals surface area contributed by atoms with Crippen LogP contribution < -0.4 is 9.47 Å². The highest BCUT2D eigenvalue weighted by molar-refractivity contribution is 9.10. The van der Waals surface area contributed by atoms with Crippen molar-refractivity contribution in [2.24, 2.45) is 0 Å². The van der Waals surface area contributed by atoms with Crippen LogP contribution in [0.2, 0.25) is 0 Å². The Morgan fingerprint density at radius 1 is 1.00 bits per heavy atom. The van der Waals surface area contributed by atoms with Crippen molar-refractivity contribution in [2.75, 3.05) is 6.61 Å². The summed E-state index contributed by atoms with van der Waals surface area (Å²) >= 11 is 4.33. The molecular weight excluding hydrogens is 548 g/mol. The number of nitro groups is 1. The van der Waals surface area contributed by atoms with E-state index in [1.807, 2.05) is 31.2 Å². The number of thioether (sulfide) groups is 1. The lowest BCUT2D eigenvalue weighted by Crippen LogP contribution is -2.27. The van der Waals surface area contributed by atoms with Crippen LogP contribution in [0.1, 0.15) is 23.6 Å². The van der Waals surface area contributed by atoms with Crippen molar-refractivity contribution >= 4 is 50.6 Å². The number of hydrogen-bond donors (Lipinski definition) is 0. The van der Waals surface area contributed by atoms with E-state index in [0.717, 1.165) is 21.8 Å². The summed E-state index contributed by atoms with van der Waals surface area (Å²) in [6.07, 6.45) is 1.64. The molecule has 0 aliphatic carbocycles. The highest BCUT2D eigenvalue weighted by Crippen LogP contribution is 2.36. The van der Waals surface area contributed by atoms with Gasteiger partial charge in [-0.05, 0) is 60.2 Å². The minimum absolute atomic E-state index is 0.00942. The maximum atomic E-state index is 12.9. The molecule has 1 aliphatic heterocycles. The van der Waals surface area contributed by atoms with Crippen LogP contribution in [0.15, 0.2) is 76.1 Å². The predicted octanol–water partition coefficient (Wildman–Crippen LogP) is 6.57. The number of rotatable bonds is 9. The zero-order valence-electron chi connectivity index (χ0n) is 19.2. The van der Waals surface area contributed by atoms with Crippen LogP contribution in [0.3, 0.4) is 0 Å². The molecule has 3 aromatic rings. The predicted molar refractivity (Wildman–Crippen MR) is 141 cm³/mol. The molecule has 0 saturated carbocycles. The zero-order valence-corrected chi connectivity index (χ0v) is 21.6. The van der Waals surface area contributed by atoms with Gasteiger partial charge in [0.2, 0.25) is 0 Å². The molecule has 10 heteroatoms. The monoisotopic (exact) mass is 568 g/mol. The minimum atomic E-state index is -0.450. The van der Waals surface area contributed by atoms with Gasteiger partial charge in [-0.15, -0.1) is 0 Å². The normalized spacial score (nSPS) is 14.4. The lowest BCUT2D eigenvalue weighted by molar-refractivity contribution is -0.385. The molecule has 0 aromatic heterocycles. The number of ether oxygens (including phenoxy) is 2. The molecule has 0 bridgehead atoms. The average Bonchev–Trinajstić information content (AvgIpc) is 3.12. The van der Waals surface area contributed by atoms with Gasteiger partial charge in [0.05, 0.1) is 28.5 Å². The summed E-state index contributed by atoms with van der Waals surface area (Å²) in [4.78, 5) is 37.8. The van der Waals surface area contributed by atoms with E-state index >= 15 is 0 Å². The Bertz CT molecular complexity index is 1360. The Kier molecular flexibility index (Phi) is 8.07. The van der Waals surface area contributed by atoms with Gasteiger partial charge in [-0.3, -0.25) is 24.6 Å². The maximum Gasteiger partial charge on any atom is 0.293 e. The van der Waals surface area contributed by atoms with Crippen LogP contribution in [-0.4, -0.2) is 27.6 Å². The van der Waals surface area contributed by atoms with Crippen molar-refractivity contribution in [3.8, 4) is 11.5 Å². The maximum absolute atomic E-state index is 12.9. The van der Waals surface area contributed by atoms with E-state index in [2.05, 4.69) is 15.9 Å². The van der Waals surface area contributed by atoms with Gasteiger partial charge in [0.1, 0.15) is 6.61 Å². The highest BCUT2D eigenvalue weighted by atomic mass is 79.9. The molecule has 1 fully saturated rings. The summed E-state index contributed by atoms with van der Waals surface area (Å²) in [5, 5.41) is 10.9. The summed E-state index contributed by atoms with van der Waals surface area (Å²) in [5.41, 5.74) is 1.90. The van der Waals surface area contributed by atoms with Crippen molar-refractivity contribution < 1.29 is 24.0 Å². The van der Waals surface area contributed by atoms with Gasteiger partial charge in [-0.25, -0.2) is 0 Å². The third-order valence-corrected chi connectivity index (χ3v) is 6.98. The number of hydrogen-bond acceptors (Lipinski definition) is 7. The number of para-hydroxylation sites is 1. The second-order valence-corrected chi connectivity index (χ2v) is 9.52. The molecule has 0 N–H and O–H groups in total. The standard InChI is InChI=1S/C26H21BrN2O6S/c1-2-34-23-13-17(11-12-22(23)35-16-19-8-4-6-10-21(19)29(32)33)14-24-25(30)28(26(31)36-24)15-18-7-3-5-9-20(18)27/h3-14H,2,15-16H2,1H3/b24-14+. The summed E-state index contributed by atoms with van der Waals surface area (Å²) in [6.45, 7) is 2.36. The SMILES string of the molecule is CCOc1cc(/C=C2/SC(=O)N(Cc3ccccc3Br)C2=O)ccc1OCc1ccccc1[N+](=O)[O-]. The fraction of sp³-hybridized carbons (Fsp3) is 0.154. The Hall–Kier alpha value is -3.63. The lowest BCUT2D eigenvalue weighted by Gasteiger charge is -2.14. The van der Waals surface area contributed by atoms with E-state index in [9.17, 15) is 19.7 Å². The van der Waals surface area contributed by atoms with Crippen LogP contribution in [0.4, 0.5) is 10.5 Å². The van der Waals surface area contributed by atoms with E-state index in [-0.39, 0.29) is 30.0 Å². The number of imide groups is 1. The second kappa shape index (κ2) is 11.4. The van der Waals surface area contributed by atoms with Crippen molar-refractivity contribution in [2.45, 2.75) is 20.1 Å². The number of halogens is 1. The van der Waals surface area contributed by atoms with Crippen molar-refractivity contribution in [1.29, 1.82) is 0 Å². The molecule has 184 valence electrons. The number of benzene rings is 3. The van der Waals surface area contributed by atoms with Gasteiger partial charge in [0, 0.05) is 10.5 Å². The molecule has 4 rings (SSSR count). The molecule has 1 aliphatic rings. The topological polar surface area (TPSA) is 99.0 Å². The summed E-state index contributed by atoms with van der Waals surface area (Å²) in [5.74, 6) is 0.474. The third kappa shape index (κ3) is 5.77. The molecule has 2 amide bonds. The van der Waals surface area contributed by atoms with Crippen LogP contribution in [0.5, 0.6) is 11.5 Å². The second-order valence-electron chi connectivity index (χ2n) is 7.67. The smallest absolute Gasteiger partial charge is 0.293 e. The van der Waals surface area contributed by atoms with Gasteiger partial charge in [0.25, 0.3) is 16.8 Å². The van der Waals surface area contributed by atoms with Crippen molar-refractivity contribution in [3.05, 3.63) is 103 Å². The fourth-order valence-electron chi connectivity index (χ4n) is 3.55. The van der Waals surface area contributed by atoms with Crippen molar-refractivity contribution in [3.63, 3.8) is 0 Å². The molecule has 1 saturated heterocycles. The molecule has 3 aromatic carbocycles. The Labute approximate surface area is 220 Å². The van der Waals surface area contributed by atoms with Gasteiger partial charge in [-0.1, -0.05) is 52.3 Å². The zero-order chi connectivity index (χ0) is 25.7. The molecular formula is C26H21BrN2O6S. The number of carbonyl (C=O) groups excluding carboxylic acids is 2. The summed E-state index contributed by atoms with van der Waals surface area (Å²) in [7, 11) is 0. The van der Waals surface area contributed by atoms with Crippen LogP contribution >= 0.6 is 27.7 Å². The lowest BCUT2D eigenvalue weighted by atomic mass is 10.1. The first-order chi connectivity index (χ1) is 17.4. The highest BCUT2D eigenvalue weighted by Gasteiger charge is 2.35. The van der Waals surface area contributed by atoms with E-state index in [1.165, 1.54) is 11.0 Å². The largest absolute Gasteiger partial charge is 0.490 e. The first-order valence-corrected chi connectivity index (χ1v) is 12.6. The summed E-state index contributed by atoms with van der Waals surface area (Å²) < 4.78 is 12.4. The van der Waals surface area contributed by atoms with E-state index in [1.54, 1.807) is 42.5 Å². The van der Waals surface area contributed by atoms with Gasteiger partial charge >= 0.3 is 0 Å². The van der Waals surface area contributed by atoms with E-state index in [0.29, 0.717) is 34.1 Å². The quantitative estimate of drug-likeness (QED) is 0.163. The van der Waals surface area contributed by atoms with Crippen LogP contribution in [-0.2, 0) is 17.9 Å². The molecule has 36 heavy (non-hydrogen) atoms.